The van der Waals surface area contributed by atoms with Crippen LogP contribution in [0, 0.1) is 0 Å². The van der Waals surface area contributed by atoms with Gasteiger partial charge in [0.1, 0.15) is 5.15 Å². The summed E-state index contributed by atoms with van der Waals surface area (Å²) >= 11 is 11.8. The number of carbonyl (C=O) groups is 1. The molecule has 19 heavy (non-hydrogen) atoms. The van der Waals surface area contributed by atoms with E-state index in [1.165, 1.54) is 12.3 Å². The van der Waals surface area contributed by atoms with Gasteiger partial charge in [0.15, 0.2) is 0 Å². The highest BCUT2D eigenvalue weighted by atomic mass is 35.5. The van der Waals surface area contributed by atoms with Gasteiger partial charge in [0.25, 0.3) is 5.91 Å². The van der Waals surface area contributed by atoms with E-state index in [2.05, 4.69) is 4.98 Å². The van der Waals surface area contributed by atoms with Gasteiger partial charge in [-0.3, -0.25) is 4.79 Å². The quantitative estimate of drug-likeness (QED) is 0.749. The van der Waals surface area contributed by atoms with E-state index in [0.29, 0.717) is 23.7 Å². The van der Waals surface area contributed by atoms with Crippen LogP contribution in [-0.2, 0) is 4.74 Å². The molecule has 0 bridgehead atoms. The first-order valence-corrected chi connectivity index (χ1v) is 6.82. The lowest BCUT2D eigenvalue weighted by Crippen LogP contribution is -2.53. The number of aromatic nitrogens is 1. The minimum atomic E-state index is -0.364. The van der Waals surface area contributed by atoms with Crippen molar-refractivity contribution in [3.63, 3.8) is 0 Å². The van der Waals surface area contributed by atoms with Crippen LogP contribution in [0.5, 0.6) is 0 Å². The number of amides is 1. The van der Waals surface area contributed by atoms with Crippen molar-refractivity contribution in [3.8, 4) is 0 Å². The third-order valence-electron chi connectivity index (χ3n) is 2.91. The first-order valence-electron chi connectivity index (χ1n) is 6.06. The standard InChI is InChI=1S/C13H16Cl2N2O2/c1-8-6-17(7-13(2,3)19-8)12(18)9-4-11(15)16-5-10(9)14/h4-5,8H,6-7H2,1-3H3. The molecule has 1 saturated heterocycles. The zero-order valence-electron chi connectivity index (χ0n) is 11.1. The van der Waals surface area contributed by atoms with Crippen LogP contribution in [0.4, 0.5) is 0 Å². The van der Waals surface area contributed by atoms with Gasteiger partial charge >= 0.3 is 0 Å². The van der Waals surface area contributed by atoms with Gasteiger partial charge in [0.05, 0.1) is 22.3 Å². The van der Waals surface area contributed by atoms with Crippen molar-refractivity contribution in [3.05, 3.63) is 28.0 Å². The molecule has 0 spiro atoms. The minimum absolute atomic E-state index is 0.0104. The summed E-state index contributed by atoms with van der Waals surface area (Å²) in [5, 5.41) is 0.569. The molecule has 1 aliphatic heterocycles. The van der Waals surface area contributed by atoms with Crippen LogP contribution in [0.15, 0.2) is 12.3 Å². The maximum atomic E-state index is 12.5. The SMILES string of the molecule is CC1CN(C(=O)c2cc(Cl)ncc2Cl)CC(C)(C)O1. The zero-order valence-corrected chi connectivity index (χ0v) is 12.6. The molecule has 0 radical (unpaired) electrons. The minimum Gasteiger partial charge on any atom is -0.369 e. The molecule has 0 N–H and O–H groups in total. The summed E-state index contributed by atoms with van der Waals surface area (Å²) in [7, 11) is 0. The molecule has 0 aliphatic carbocycles. The van der Waals surface area contributed by atoms with Gasteiger partial charge in [-0.2, -0.15) is 0 Å². The molecule has 0 saturated carbocycles. The maximum absolute atomic E-state index is 12.5. The Morgan fingerprint density at radius 2 is 2.21 bits per heavy atom. The van der Waals surface area contributed by atoms with Crippen molar-refractivity contribution in [2.75, 3.05) is 13.1 Å². The van der Waals surface area contributed by atoms with Gasteiger partial charge in [-0.05, 0) is 26.8 Å². The fourth-order valence-corrected chi connectivity index (χ4v) is 2.70. The lowest BCUT2D eigenvalue weighted by Gasteiger charge is -2.41. The van der Waals surface area contributed by atoms with Crippen molar-refractivity contribution in [2.45, 2.75) is 32.5 Å². The number of pyridine rings is 1. The molecule has 1 unspecified atom stereocenters. The van der Waals surface area contributed by atoms with Crippen molar-refractivity contribution >= 4 is 29.1 Å². The summed E-state index contributed by atoms with van der Waals surface area (Å²) < 4.78 is 5.78. The van der Waals surface area contributed by atoms with Crippen LogP contribution in [0.25, 0.3) is 0 Å². The molecule has 2 heterocycles. The lowest BCUT2D eigenvalue weighted by molar-refractivity contribution is -0.118. The number of rotatable bonds is 1. The zero-order chi connectivity index (χ0) is 14.2. The molecule has 4 nitrogen and oxygen atoms in total. The van der Waals surface area contributed by atoms with Crippen LogP contribution >= 0.6 is 23.2 Å². The van der Waals surface area contributed by atoms with E-state index in [9.17, 15) is 4.79 Å². The summed E-state index contributed by atoms with van der Waals surface area (Å²) in [5.74, 6) is -0.141. The van der Waals surface area contributed by atoms with Crippen LogP contribution < -0.4 is 0 Å². The van der Waals surface area contributed by atoms with Crippen molar-refractivity contribution in [1.82, 2.24) is 9.88 Å². The summed E-state index contributed by atoms with van der Waals surface area (Å²) in [5.41, 5.74) is 0.0166. The molecule has 1 amide bonds. The Morgan fingerprint density at radius 1 is 1.53 bits per heavy atom. The van der Waals surface area contributed by atoms with Crippen LogP contribution in [0.3, 0.4) is 0 Å². The number of hydrogen-bond acceptors (Lipinski definition) is 3. The van der Waals surface area contributed by atoms with Gasteiger partial charge in [-0.25, -0.2) is 4.98 Å². The van der Waals surface area contributed by atoms with Gasteiger partial charge < -0.3 is 9.64 Å². The average molecular weight is 303 g/mol. The molecule has 1 fully saturated rings. The molecular weight excluding hydrogens is 287 g/mol. The van der Waals surface area contributed by atoms with Gasteiger partial charge in [-0.15, -0.1) is 0 Å². The third-order valence-corrected chi connectivity index (χ3v) is 3.42. The lowest BCUT2D eigenvalue weighted by atomic mass is 10.0. The van der Waals surface area contributed by atoms with Gasteiger partial charge in [0.2, 0.25) is 0 Å². The first-order chi connectivity index (χ1) is 8.78. The largest absolute Gasteiger partial charge is 0.369 e. The van der Waals surface area contributed by atoms with Crippen molar-refractivity contribution < 1.29 is 9.53 Å². The molecule has 1 aromatic heterocycles. The van der Waals surface area contributed by atoms with Crippen LogP contribution in [0.2, 0.25) is 10.2 Å². The predicted molar refractivity (Wildman–Crippen MR) is 74.8 cm³/mol. The topological polar surface area (TPSA) is 42.4 Å². The molecule has 1 aliphatic rings. The summed E-state index contributed by atoms with van der Waals surface area (Å²) in [6.07, 6.45) is 1.38. The summed E-state index contributed by atoms with van der Waals surface area (Å²) in [4.78, 5) is 18.1. The van der Waals surface area contributed by atoms with Crippen molar-refractivity contribution in [2.24, 2.45) is 0 Å². The summed E-state index contributed by atoms with van der Waals surface area (Å²) in [6, 6.07) is 1.50. The second-order valence-corrected chi connectivity index (χ2v) is 6.16. The fraction of sp³-hybridized carbons (Fsp3) is 0.538. The van der Waals surface area contributed by atoms with E-state index in [1.807, 2.05) is 20.8 Å². The van der Waals surface area contributed by atoms with Crippen molar-refractivity contribution in [1.29, 1.82) is 0 Å². The summed E-state index contributed by atoms with van der Waals surface area (Å²) in [6.45, 7) is 6.93. The smallest absolute Gasteiger partial charge is 0.255 e. The Bertz CT molecular complexity index is 505. The predicted octanol–water partition coefficient (Wildman–Crippen LogP) is 3.03. The number of halogens is 2. The highest BCUT2D eigenvalue weighted by Gasteiger charge is 2.34. The Labute approximate surface area is 122 Å². The van der Waals surface area contributed by atoms with Gasteiger partial charge in [-0.1, -0.05) is 23.2 Å². The van der Waals surface area contributed by atoms with Crippen LogP contribution in [-0.4, -0.2) is 40.6 Å². The van der Waals surface area contributed by atoms with E-state index in [0.717, 1.165) is 0 Å². The second kappa shape index (κ2) is 5.27. The molecule has 2 rings (SSSR count). The van der Waals surface area contributed by atoms with E-state index in [4.69, 9.17) is 27.9 Å². The molecule has 1 aromatic rings. The Balaban J connectivity index is 2.26. The maximum Gasteiger partial charge on any atom is 0.255 e. The fourth-order valence-electron chi connectivity index (χ4n) is 2.36. The molecular formula is C13H16Cl2N2O2. The van der Waals surface area contributed by atoms with Crippen LogP contribution in [0.1, 0.15) is 31.1 Å². The third kappa shape index (κ3) is 3.38. The number of carbonyl (C=O) groups excluding carboxylic acids is 1. The normalized spacial score (nSPS) is 22.4. The Morgan fingerprint density at radius 3 is 2.84 bits per heavy atom. The molecule has 104 valence electrons. The second-order valence-electron chi connectivity index (χ2n) is 5.36. The number of nitrogens with zero attached hydrogens (tertiary/aromatic N) is 2. The Kier molecular flexibility index (Phi) is 4.04. The monoisotopic (exact) mass is 302 g/mol. The van der Waals surface area contributed by atoms with E-state index in [1.54, 1.807) is 4.90 Å². The highest BCUT2D eigenvalue weighted by Crippen LogP contribution is 2.25. The molecule has 0 aromatic carbocycles. The molecule has 6 heteroatoms. The number of morpholine rings is 1. The first kappa shape index (κ1) is 14.6. The highest BCUT2D eigenvalue weighted by molar-refractivity contribution is 6.35. The molecule has 1 atom stereocenters. The van der Waals surface area contributed by atoms with Gasteiger partial charge in [0, 0.05) is 19.3 Å². The van der Waals surface area contributed by atoms with E-state index >= 15 is 0 Å². The average Bonchev–Trinajstić information content (AvgIpc) is 2.29. The number of hydrogen-bond donors (Lipinski definition) is 0. The van der Waals surface area contributed by atoms with E-state index in [-0.39, 0.29) is 22.8 Å². The number of ether oxygens (including phenoxy) is 1. The van der Waals surface area contributed by atoms with E-state index < -0.39 is 0 Å². The Hall–Kier alpha value is -0.840.